The van der Waals surface area contributed by atoms with Gasteiger partial charge in [0.2, 0.25) is 11.8 Å². The molecule has 9 nitrogen and oxygen atoms in total. The third kappa shape index (κ3) is 5.33. The fourth-order valence-corrected chi connectivity index (χ4v) is 5.59. The van der Waals surface area contributed by atoms with E-state index in [4.69, 9.17) is 4.74 Å². The minimum Gasteiger partial charge on any atom is -0.444 e. The second-order valence-electron chi connectivity index (χ2n) is 11.1. The van der Waals surface area contributed by atoms with Gasteiger partial charge in [-0.05, 0) is 64.4 Å². The fourth-order valence-electron chi connectivity index (χ4n) is 5.59. The van der Waals surface area contributed by atoms with E-state index in [1.165, 1.54) is 0 Å². The highest BCUT2D eigenvalue weighted by Crippen LogP contribution is 2.35. The average Bonchev–Trinajstić information content (AvgIpc) is 2.78. The number of fused-ring (bicyclic) bond motifs is 1. The summed E-state index contributed by atoms with van der Waals surface area (Å²) < 4.78 is 7.17. The predicted octanol–water partition coefficient (Wildman–Crippen LogP) is 2.85. The molecule has 3 unspecified atom stereocenters. The van der Waals surface area contributed by atoms with Crippen molar-refractivity contribution >= 4 is 23.7 Å². The number of carbonyl (C=O) groups excluding carboxylic acids is 4. The molecular formula is C26H35N3O6. The van der Waals surface area contributed by atoms with Crippen LogP contribution in [0.1, 0.15) is 81.8 Å². The van der Waals surface area contributed by atoms with Gasteiger partial charge in [-0.2, -0.15) is 0 Å². The number of carbonyl (C=O) groups is 4. The molecule has 1 aliphatic carbocycles. The average molecular weight is 486 g/mol. The first-order valence-electron chi connectivity index (χ1n) is 12.5. The molecule has 0 aromatic carbocycles. The van der Waals surface area contributed by atoms with E-state index in [0.717, 1.165) is 0 Å². The number of nitrogens with one attached hydrogen (secondary N) is 1. The van der Waals surface area contributed by atoms with Crippen LogP contribution < -0.4 is 10.9 Å². The lowest BCUT2D eigenvalue weighted by Gasteiger charge is -2.36. The minimum absolute atomic E-state index is 0.0606. The van der Waals surface area contributed by atoms with Crippen LogP contribution in [-0.4, -0.2) is 51.8 Å². The third-order valence-electron chi connectivity index (χ3n) is 7.60. The first-order chi connectivity index (χ1) is 16.4. The van der Waals surface area contributed by atoms with E-state index < -0.39 is 5.60 Å². The SMILES string of the molecule is CC(C1CC(=O)c2ccn(C3CCN(C(=O)OC(C)(C)C)CC3)c(=O)c2C1)C1CCC(=O)NC1=O. The van der Waals surface area contributed by atoms with Gasteiger partial charge >= 0.3 is 6.09 Å². The van der Waals surface area contributed by atoms with Crippen LogP contribution in [0.2, 0.25) is 0 Å². The van der Waals surface area contributed by atoms with Crippen LogP contribution in [0.4, 0.5) is 4.79 Å². The van der Waals surface area contributed by atoms with Crippen LogP contribution in [0.5, 0.6) is 0 Å². The number of hydrogen-bond acceptors (Lipinski definition) is 6. The maximum atomic E-state index is 13.5. The molecule has 0 saturated carbocycles. The Labute approximate surface area is 205 Å². The molecule has 1 aromatic heterocycles. The van der Waals surface area contributed by atoms with Gasteiger partial charge < -0.3 is 14.2 Å². The van der Waals surface area contributed by atoms with E-state index in [1.54, 1.807) is 21.7 Å². The largest absolute Gasteiger partial charge is 0.444 e. The van der Waals surface area contributed by atoms with Crippen molar-refractivity contribution < 1.29 is 23.9 Å². The predicted molar refractivity (Wildman–Crippen MR) is 128 cm³/mol. The van der Waals surface area contributed by atoms with E-state index in [1.807, 2.05) is 27.7 Å². The van der Waals surface area contributed by atoms with Crippen molar-refractivity contribution in [2.45, 2.75) is 77.9 Å². The Morgan fingerprint density at radius 1 is 1.09 bits per heavy atom. The molecule has 35 heavy (non-hydrogen) atoms. The number of nitrogens with zero attached hydrogens (tertiary/aromatic N) is 2. The van der Waals surface area contributed by atoms with Crippen molar-refractivity contribution in [3.05, 3.63) is 33.7 Å². The van der Waals surface area contributed by atoms with E-state index >= 15 is 0 Å². The highest BCUT2D eigenvalue weighted by atomic mass is 16.6. The number of pyridine rings is 1. The van der Waals surface area contributed by atoms with E-state index in [2.05, 4.69) is 5.32 Å². The zero-order valence-electron chi connectivity index (χ0n) is 21.0. The molecule has 3 atom stereocenters. The van der Waals surface area contributed by atoms with E-state index in [-0.39, 0.29) is 53.0 Å². The van der Waals surface area contributed by atoms with Gasteiger partial charge in [-0.1, -0.05) is 6.92 Å². The molecule has 0 bridgehead atoms. The molecule has 1 N–H and O–H groups in total. The van der Waals surface area contributed by atoms with Crippen molar-refractivity contribution in [3.8, 4) is 0 Å². The number of hydrogen-bond donors (Lipinski definition) is 1. The smallest absolute Gasteiger partial charge is 0.410 e. The summed E-state index contributed by atoms with van der Waals surface area (Å²) in [6, 6.07) is 1.68. The summed E-state index contributed by atoms with van der Waals surface area (Å²) in [5.41, 5.74) is 0.274. The summed E-state index contributed by atoms with van der Waals surface area (Å²) in [6.45, 7) is 8.44. The molecule has 2 fully saturated rings. The highest BCUT2D eigenvalue weighted by Gasteiger charge is 2.39. The van der Waals surface area contributed by atoms with Crippen LogP contribution in [0.3, 0.4) is 0 Å². The summed E-state index contributed by atoms with van der Waals surface area (Å²) in [5.74, 6) is -1.20. The molecule has 0 radical (unpaired) electrons. The number of imide groups is 1. The van der Waals surface area contributed by atoms with Gasteiger partial charge in [0, 0.05) is 55.2 Å². The summed E-state index contributed by atoms with van der Waals surface area (Å²) in [5, 5.41) is 2.40. The molecular weight excluding hydrogens is 450 g/mol. The summed E-state index contributed by atoms with van der Waals surface area (Å²) >= 11 is 0. The number of ether oxygens (including phenoxy) is 1. The van der Waals surface area contributed by atoms with Crippen LogP contribution >= 0.6 is 0 Å². The van der Waals surface area contributed by atoms with Gasteiger partial charge in [0.15, 0.2) is 5.78 Å². The Balaban J connectivity index is 1.48. The Hall–Kier alpha value is -2.97. The number of ketones is 1. The van der Waals surface area contributed by atoms with Gasteiger partial charge in [-0.25, -0.2) is 4.79 Å². The maximum Gasteiger partial charge on any atom is 0.410 e. The number of aromatic nitrogens is 1. The zero-order chi connectivity index (χ0) is 25.5. The minimum atomic E-state index is -0.558. The molecule has 0 spiro atoms. The lowest BCUT2D eigenvalue weighted by molar-refractivity contribution is -0.138. The molecule has 2 aliphatic heterocycles. The first kappa shape index (κ1) is 25.1. The van der Waals surface area contributed by atoms with Crippen molar-refractivity contribution in [1.82, 2.24) is 14.8 Å². The quantitative estimate of drug-likeness (QED) is 0.659. The Morgan fingerprint density at radius 3 is 2.40 bits per heavy atom. The van der Waals surface area contributed by atoms with Gasteiger partial charge in [0.25, 0.3) is 5.56 Å². The molecule has 3 heterocycles. The second-order valence-corrected chi connectivity index (χ2v) is 11.1. The first-order valence-corrected chi connectivity index (χ1v) is 12.5. The molecule has 3 aliphatic rings. The number of Topliss-reactive ketones (excluding diaryl/α,β-unsaturated/α-hetero) is 1. The number of likely N-dealkylation sites (tertiary alicyclic amines) is 1. The van der Waals surface area contributed by atoms with Gasteiger partial charge in [-0.3, -0.25) is 24.5 Å². The normalized spacial score (nSPS) is 24.6. The zero-order valence-corrected chi connectivity index (χ0v) is 21.0. The van der Waals surface area contributed by atoms with E-state index in [0.29, 0.717) is 62.7 Å². The van der Waals surface area contributed by atoms with Crippen LogP contribution in [0, 0.1) is 17.8 Å². The van der Waals surface area contributed by atoms with Gasteiger partial charge in [0.1, 0.15) is 5.60 Å². The maximum absolute atomic E-state index is 13.5. The third-order valence-corrected chi connectivity index (χ3v) is 7.60. The Morgan fingerprint density at radius 2 is 1.77 bits per heavy atom. The number of amides is 3. The second kappa shape index (κ2) is 9.59. The molecule has 1 aromatic rings. The van der Waals surface area contributed by atoms with Crippen LogP contribution in [-0.2, 0) is 20.7 Å². The number of piperidine rings is 2. The van der Waals surface area contributed by atoms with Crippen molar-refractivity contribution in [1.29, 1.82) is 0 Å². The van der Waals surface area contributed by atoms with Gasteiger partial charge in [0.05, 0.1) is 0 Å². The highest BCUT2D eigenvalue weighted by molar-refractivity contribution is 6.00. The van der Waals surface area contributed by atoms with Crippen molar-refractivity contribution in [2.24, 2.45) is 17.8 Å². The van der Waals surface area contributed by atoms with Gasteiger partial charge in [-0.15, -0.1) is 0 Å². The van der Waals surface area contributed by atoms with Crippen LogP contribution in [0.25, 0.3) is 0 Å². The lowest BCUT2D eigenvalue weighted by Crippen LogP contribution is -2.46. The summed E-state index contributed by atoms with van der Waals surface area (Å²) in [4.78, 5) is 64.4. The Bertz CT molecular complexity index is 1090. The standard InChI is InChI=1S/C26H35N3O6/c1-15(18-5-6-22(31)27-23(18)32)16-13-20-19(21(30)14-16)9-12-29(24(20)33)17-7-10-28(11-8-17)25(34)35-26(2,3)4/h9,12,15-18H,5-8,10-11,13-14H2,1-4H3,(H,27,31,32). The van der Waals surface area contributed by atoms with Crippen molar-refractivity contribution in [2.75, 3.05) is 13.1 Å². The Kier molecular flexibility index (Phi) is 6.88. The monoisotopic (exact) mass is 485 g/mol. The molecule has 3 amide bonds. The molecule has 2 saturated heterocycles. The molecule has 9 heteroatoms. The molecule has 4 rings (SSSR count). The summed E-state index contributed by atoms with van der Waals surface area (Å²) in [7, 11) is 0. The molecule has 190 valence electrons. The topological polar surface area (TPSA) is 115 Å². The van der Waals surface area contributed by atoms with E-state index in [9.17, 15) is 24.0 Å². The van der Waals surface area contributed by atoms with Crippen LogP contribution in [0.15, 0.2) is 17.1 Å². The summed E-state index contributed by atoms with van der Waals surface area (Å²) in [6.07, 6.45) is 4.12. The lowest BCUT2D eigenvalue weighted by atomic mass is 9.71. The van der Waals surface area contributed by atoms with Crippen molar-refractivity contribution in [3.63, 3.8) is 0 Å². The number of rotatable bonds is 3. The fraction of sp³-hybridized carbons (Fsp3) is 0.654.